The first kappa shape index (κ1) is 25.4. The molecule has 1 aliphatic rings. The van der Waals surface area contributed by atoms with Crippen molar-refractivity contribution in [2.24, 2.45) is 14.1 Å². The molecule has 0 saturated carbocycles. The van der Waals surface area contributed by atoms with Gasteiger partial charge in [-0.1, -0.05) is 0 Å². The number of aryl methyl sites for hydroxylation is 1. The van der Waals surface area contributed by atoms with Gasteiger partial charge in [-0.15, -0.1) is 5.10 Å². The van der Waals surface area contributed by atoms with E-state index in [0.717, 1.165) is 0 Å². The molecule has 1 fully saturated rings. The lowest BCUT2D eigenvalue weighted by Crippen LogP contribution is -2.42. The molecule has 4 heterocycles. The molecule has 0 spiro atoms. The Morgan fingerprint density at radius 1 is 1.19 bits per heavy atom. The minimum atomic E-state index is -0.534. The third-order valence-electron chi connectivity index (χ3n) is 6.10. The molecule has 1 unspecified atom stereocenters. The highest BCUT2D eigenvalue weighted by Gasteiger charge is 2.32. The highest BCUT2D eigenvalue weighted by molar-refractivity contribution is 5.68. The SMILES string of the molecule is Cn1ncnc1C(NCCc1nccc(=O)n1C)c1nnnn1C1CCN(C(=O)OC(C)(C)C)CC1. The van der Waals surface area contributed by atoms with Crippen LogP contribution in [0.25, 0.3) is 0 Å². The molecule has 36 heavy (non-hydrogen) atoms. The Kier molecular flexibility index (Phi) is 7.43. The van der Waals surface area contributed by atoms with E-state index in [4.69, 9.17) is 4.74 Å². The minimum Gasteiger partial charge on any atom is -0.444 e. The number of ether oxygens (including phenoxy) is 1. The summed E-state index contributed by atoms with van der Waals surface area (Å²) in [6.07, 6.45) is 4.61. The minimum absolute atomic E-state index is 0.0165. The number of amides is 1. The van der Waals surface area contributed by atoms with Crippen molar-refractivity contribution in [1.29, 1.82) is 0 Å². The fourth-order valence-electron chi connectivity index (χ4n) is 4.21. The average Bonchev–Trinajstić information content (AvgIpc) is 3.48. The summed E-state index contributed by atoms with van der Waals surface area (Å²) in [4.78, 5) is 34.8. The van der Waals surface area contributed by atoms with Crippen molar-refractivity contribution in [3.8, 4) is 0 Å². The maximum atomic E-state index is 12.5. The number of likely N-dealkylation sites (tertiary alicyclic amines) is 1. The quantitative estimate of drug-likeness (QED) is 0.483. The lowest BCUT2D eigenvalue weighted by Gasteiger charge is -2.33. The average molecular weight is 500 g/mol. The number of hydrogen-bond donors (Lipinski definition) is 1. The summed E-state index contributed by atoms with van der Waals surface area (Å²) in [6.45, 7) is 7.18. The molecule has 194 valence electrons. The number of carbonyl (C=O) groups is 1. The van der Waals surface area contributed by atoms with Gasteiger partial charge in [0.25, 0.3) is 5.56 Å². The second-order valence-electron chi connectivity index (χ2n) is 9.82. The Labute approximate surface area is 208 Å². The Hall–Kier alpha value is -3.68. The van der Waals surface area contributed by atoms with Crippen LogP contribution in [0.2, 0.25) is 0 Å². The molecule has 14 heteroatoms. The maximum Gasteiger partial charge on any atom is 0.410 e. The van der Waals surface area contributed by atoms with E-state index in [1.54, 1.807) is 16.6 Å². The third kappa shape index (κ3) is 5.75. The van der Waals surface area contributed by atoms with E-state index in [0.29, 0.717) is 56.4 Å². The van der Waals surface area contributed by atoms with Gasteiger partial charge < -0.3 is 15.0 Å². The van der Waals surface area contributed by atoms with Crippen LogP contribution in [0.5, 0.6) is 0 Å². The van der Waals surface area contributed by atoms with E-state index < -0.39 is 11.6 Å². The molecule has 3 aromatic rings. The predicted molar refractivity (Wildman–Crippen MR) is 128 cm³/mol. The zero-order valence-electron chi connectivity index (χ0n) is 21.3. The number of tetrazole rings is 1. The number of nitrogens with one attached hydrogen (secondary N) is 1. The zero-order chi connectivity index (χ0) is 25.9. The van der Waals surface area contributed by atoms with E-state index >= 15 is 0 Å². The summed E-state index contributed by atoms with van der Waals surface area (Å²) in [5.41, 5.74) is -0.639. The summed E-state index contributed by atoms with van der Waals surface area (Å²) in [7, 11) is 3.52. The highest BCUT2D eigenvalue weighted by Crippen LogP contribution is 2.27. The smallest absolute Gasteiger partial charge is 0.410 e. The monoisotopic (exact) mass is 499 g/mol. The van der Waals surface area contributed by atoms with E-state index in [-0.39, 0.29) is 17.7 Å². The van der Waals surface area contributed by atoms with E-state index in [1.165, 1.54) is 23.2 Å². The molecule has 0 bridgehead atoms. The predicted octanol–water partition coefficient (Wildman–Crippen LogP) is 0.389. The fourth-order valence-corrected chi connectivity index (χ4v) is 4.21. The Bertz CT molecular complexity index is 1230. The number of carbonyl (C=O) groups excluding carboxylic acids is 1. The molecule has 1 atom stereocenters. The Morgan fingerprint density at radius 2 is 1.94 bits per heavy atom. The third-order valence-corrected chi connectivity index (χ3v) is 6.10. The molecule has 3 aromatic heterocycles. The van der Waals surface area contributed by atoms with Gasteiger partial charge in [-0.3, -0.25) is 14.0 Å². The van der Waals surface area contributed by atoms with E-state index in [1.807, 2.05) is 32.5 Å². The molecule has 0 aliphatic carbocycles. The number of nitrogens with zero attached hydrogens (tertiary/aromatic N) is 10. The van der Waals surface area contributed by atoms with Crippen LogP contribution in [0.15, 0.2) is 23.4 Å². The molecular weight excluding hydrogens is 466 g/mol. The molecule has 1 N–H and O–H groups in total. The van der Waals surface area contributed by atoms with Crippen molar-refractivity contribution in [3.63, 3.8) is 0 Å². The first-order valence-electron chi connectivity index (χ1n) is 12.0. The van der Waals surface area contributed by atoms with Crippen LogP contribution in [-0.2, 0) is 25.3 Å². The van der Waals surface area contributed by atoms with Crippen LogP contribution in [0.3, 0.4) is 0 Å². The molecule has 14 nitrogen and oxygen atoms in total. The Morgan fingerprint density at radius 3 is 2.61 bits per heavy atom. The zero-order valence-corrected chi connectivity index (χ0v) is 21.3. The normalized spacial score (nSPS) is 15.8. The van der Waals surface area contributed by atoms with Crippen LogP contribution < -0.4 is 10.9 Å². The molecule has 0 aromatic carbocycles. The summed E-state index contributed by atoms with van der Waals surface area (Å²) < 4.78 is 10.5. The van der Waals surface area contributed by atoms with Crippen LogP contribution in [0.1, 0.15) is 63.2 Å². The van der Waals surface area contributed by atoms with Gasteiger partial charge in [-0.05, 0) is 44.0 Å². The van der Waals surface area contributed by atoms with Gasteiger partial charge in [-0.25, -0.2) is 19.4 Å². The van der Waals surface area contributed by atoms with Crippen LogP contribution in [-0.4, -0.2) is 80.8 Å². The van der Waals surface area contributed by atoms with E-state index in [2.05, 4.69) is 35.9 Å². The van der Waals surface area contributed by atoms with Gasteiger partial charge >= 0.3 is 6.09 Å². The van der Waals surface area contributed by atoms with Gasteiger partial charge in [0.1, 0.15) is 23.8 Å². The molecule has 1 amide bonds. The second-order valence-corrected chi connectivity index (χ2v) is 9.82. The van der Waals surface area contributed by atoms with Crippen molar-refractivity contribution in [3.05, 3.63) is 46.4 Å². The van der Waals surface area contributed by atoms with Crippen LogP contribution in [0, 0.1) is 0 Å². The lowest BCUT2D eigenvalue weighted by molar-refractivity contribution is 0.0183. The molecule has 0 radical (unpaired) electrons. The second kappa shape index (κ2) is 10.5. The first-order valence-corrected chi connectivity index (χ1v) is 12.0. The summed E-state index contributed by atoms with van der Waals surface area (Å²) in [6, 6.07) is 1.02. The van der Waals surface area contributed by atoms with Crippen molar-refractivity contribution in [1.82, 2.24) is 54.7 Å². The number of hydrogen-bond acceptors (Lipinski definition) is 10. The molecule has 1 saturated heterocycles. The van der Waals surface area contributed by atoms with Gasteiger partial charge in [0.15, 0.2) is 11.6 Å². The van der Waals surface area contributed by atoms with Gasteiger partial charge in [-0.2, -0.15) is 5.10 Å². The van der Waals surface area contributed by atoms with Crippen molar-refractivity contribution in [2.75, 3.05) is 19.6 Å². The van der Waals surface area contributed by atoms with Gasteiger partial charge in [0, 0.05) is 52.4 Å². The molecule has 4 rings (SSSR count). The highest BCUT2D eigenvalue weighted by atomic mass is 16.6. The molecular formula is C22H33N11O3. The van der Waals surface area contributed by atoms with Crippen molar-refractivity contribution >= 4 is 6.09 Å². The number of rotatable bonds is 7. The standard InChI is InChI=1S/C22H33N11O3/c1-22(2,3)36-21(35)32-12-8-15(9-13-32)33-20(27-28-29-33)18(19-25-14-26-31(19)5)24-10-6-16-23-11-7-17(34)30(16)4/h7,11,14-15,18,24H,6,8-10,12-13H2,1-5H3. The summed E-state index contributed by atoms with van der Waals surface area (Å²) in [5, 5.41) is 20.3. The largest absolute Gasteiger partial charge is 0.444 e. The summed E-state index contributed by atoms with van der Waals surface area (Å²) in [5.74, 6) is 1.93. The number of piperidine rings is 1. The lowest BCUT2D eigenvalue weighted by atomic mass is 10.0. The summed E-state index contributed by atoms with van der Waals surface area (Å²) >= 11 is 0. The Balaban J connectivity index is 1.48. The van der Waals surface area contributed by atoms with Gasteiger partial charge in [0.05, 0.1) is 6.04 Å². The van der Waals surface area contributed by atoms with Crippen LogP contribution >= 0.6 is 0 Å². The van der Waals surface area contributed by atoms with Crippen LogP contribution in [0.4, 0.5) is 4.79 Å². The fraction of sp³-hybridized carbons (Fsp3) is 0.636. The van der Waals surface area contributed by atoms with Crippen molar-refractivity contribution < 1.29 is 9.53 Å². The van der Waals surface area contributed by atoms with E-state index in [9.17, 15) is 9.59 Å². The number of aromatic nitrogens is 9. The first-order chi connectivity index (χ1) is 17.1. The topological polar surface area (TPSA) is 151 Å². The maximum absolute atomic E-state index is 12.5. The van der Waals surface area contributed by atoms with Crippen molar-refractivity contribution in [2.45, 2.75) is 57.7 Å². The molecule has 1 aliphatic heterocycles. The van der Waals surface area contributed by atoms with Gasteiger partial charge in [0.2, 0.25) is 0 Å².